The second kappa shape index (κ2) is 6.33. The van der Waals surface area contributed by atoms with E-state index < -0.39 is 11.9 Å². The standard InChI is InChI=1S/C16H17F3N6O/c17-16(18,19)13-7-11(6-12(20-13)10-1-2-10)15(26)25-4-3-9(8-25)5-14-21-23-24-22-14/h6-7,9-10H,1-5,8H2,(H,21,22,23,24). The lowest BCUT2D eigenvalue weighted by molar-refractivity contribution is -0.141. The number of nitrogens with zero attached hydrogens (tertiary/aromatic N) is 5. The van der Waals surface area contributed by atoms with Crippen molar-refractivity contribution in [1.82, 2.24) is 30.5 Å². The van der Waals surface area contributed by atoms with Crippen molar-refractivity contribution in [3.63, 3.8) is 0 Å². The highest BCUT2D eigenvalue weighted by Gasteiger charge is 2.37. The highest BCUT2D eigenvalue weighted by molar-refractivity contribution is 5.94. The fourth-order valence-corrected chi connectivity index (χ4v) is 3.30. The number of carbonyl (C=O) groups is 1. The Balaban J connectivity index is 1.51. The summed E-state index contributed by atoms with van der Waals surface area (Å²) >= 11 is 0. The van der Waals surface area contributed by atoms with Gasteiger partial charge in [-0.05, 0) is 37.3 Å². The minimum atomic E-state index is -4.56. The van der Waals surface area contributed by atoms with Crippen molar-refractivity contribution >= 4 is 5.91 Å². The van der Waals surface area contributed by atoms with Crippen LogP contribution in [0, 0.1) is 5.92 Å². The zero-order valence-corrected chi connectivity index (χ0v) is 13.8. The average molecular weight is 366 g/mol. The number of likely N-dealkylation sites (tertiary alicyclic amines) is 1. The molecule has 0 aromatic carbocycles. The lowest BCUT2D eigenvalue weighted by Gasteiger charge is -2.18. The van der Waals surface area contributed by atoms with E-state index in [-0.39, 0.29) is 23.3 Å². The number of hydrogen-bond donors (Lipinski definition) is 1. The molecule has 2 aromatic rings. The van der Waals surface area contributed by atoms with Gasteiger partial charge < -0.3 is 4.90 Å². The maximum Gasteiger partial charge on any atom is 0.433 e. The molecule has 7 nitrogen and oxygen atoms in total. The number of carbonyl (C=O) groups excluding carboxylic acids is 1. The van der Waals surface area contributed by atoms with E-state index in [2.05, 4.69) is 25.6 Å². The van der Waals surface area contributed by atoms with E-state index in [1.807, 2.05) is 0 Å². The lowest BCUT2D eigenvalue weighted by Crippen LogP contribution is -2.29. The maximum absolute atomic E-state index is 13.1. The Labute approximate surface area is 147 Å². The molecule has 0 spiro atoms. The van der Waals surface area contributed by atoms with Gasteiger partial charge in [0.05, 0.1) is 0 Å². The number of aromatic amines is 1. The Hall–Kier alpha value is -2.52. The molecule has 4 rings (SSSR count). The van der Waals surface area contributed by atoms with Crippen molar-refractivity contribution in [3.05, 3.63) is 34.9 Å². The number of alkyl halides is 3. The molecule has 1 saturated carbocycles. The maximum atomic E-state index is 13.1. The van der Waals surface area contributed by atoms with Crippen molar-refractivity contribution in [2.24, 2.45) is 5.92 Å². The van der Waals surface area contributed by atoms with Crippen LogP contribution in [0.3, 0.4) is 0 Å². The first-order valence-electron chi connectivity index (χ1n) is 8.51. The first-order chi connectivity index (χ1) is 12.4. The summed E-state index contributed by atoms with van der Waals surface area (Å²) in [5.74, 6) is 0.399. The molecule has 1 saturated heterocycles. The summed E-state index contributed by atoms with van der Waals surface area (Å²) in [6, 6.07) is 2.38. The number of halogens is 3. The van der Waals surface area contributed by atoms with Crippen LogP contribution in [0.15, 0.2) is 12.1 Å². The molecule has 10 heteroatoms. The summed E-state index contributed by atoms with van der Waals surface area (Å²) < 4.78 is 39.4. The van der Waals surface area contributed by atoms with Crippen LogP contribution in [0.5, 0.6) is 0 Å². The van der Waals surface area contributed by atoms with Crippen molar-refractivity contribution in [2.75, 3.05) is 13.1 Å². The zero-order chi connectivity index (χ0) is 18.3. The summed E-state index contributed by atoms with van der Waals surface area (Å²) in [4.78, 5) is 18.1. The third-order valence-electron chi connectivity index (χ3n) is 4.81. The van der Waals surface area contributed by atoms with E-state index in [9.17, 15) is 18.0 Å². The Morgan fingerprint density at radius 3 is 2.73 bits per heavy atom. The number of amides is 1. The molecule has 138 valence electrons. The van der Waals surface area contributed by atoms with Crippen LogP contribution < -0.4 is 0 Å². The highest BCUT2D eigenvalue weighted by Crippen LogP contribution is 2.41. The molecule has 2 aliphatic rings. The number of rotatable bonds is 4. The van der Waals surface area contributed by atoms with E-state index in [1.54, 1.807) is 4.90 Å². The van der Waals surface area contributed by atoms with Gasteiger partial charge in [0.15, 0.2) is 5.82 Å². The average Bonchev–Trinajstić information content (AvgIpc) is 3.14. The summed E-state index contributed by atoms with van der Waals surface area (Å²) in [5, 5.41) is 13.7. The second-order valence-electron chi connectivity index (χ2n) is 6.88. The lowest BCUT2D eigenvalue weighted by atomic mass is 10.1. The molecule has 1 atom stereocenters. The van der Waals surface area contributed by atoms with Gasteiger partial charge in [0.25, 0.3) is 5.91 Å². The van der Waals surface area contributed by atoms with Crippen LogP contribution in [0.1, 0.15) is 52.8 Å². The topological polar surface area (TPSA) is 87.7 Å². The minimum absolute atomic E-state index is 0.0356. The van der Waals surface area contributed by atoms with Crippen molar-refractivity contribution in [2.45, 2.75) is 37.8 Å². The number of pyridine rings is 1. The Morgan fingerprint density at radius 1 is 1.27 bits per heavy atom. The molecule has 3 heterocycles. The van der Waals surface area contributed by atoms with Gasteiger partial charge in [0.2, 0.25) is 0 Å². The highest BCUT2D eigenvalue weighted by atomic mass is 19.4. The molecule has 26 heavy (non-hydrogen) atoms. The van der Waals surface area contributed by atoms with Crippen LogP contribution in [0.2, 0.25) is 0 Å². The van der Waals surface area contributed by atoms with E-state index in [4.69, 9.17) is 0 Å². The van der Waals surface area contributed by atoms with Crippen LogP contribution in [0.4, 0.5) is 13.2 Å². The number of H-pyrrole nitrogens is 1. The minimum Gasteiger partial charge on any atom is -0.338 e. The van der Waals surface area contributed by atoms with Gasteiger partial charge in [0.1, 0.15) is 5.69 Å². The molecular weight excluding hydrogens is 349 g/mol. The second-order valence-corrected chi connectivity index (χ2v) is 6.88. The molecule has 2 aromatic heterocycles. The molecule has 1 aliphatic heterocycles. The smallest absolute Gasteiger partial charge is 0.338 e. The van der Waals surface area contributed by atoms with Crippen LogP contribution >= 0.6 is 0 Å². The molecule has 2 fully saturated rings. The van der Waals surface area contributed by atoms with Crippen LogP contribution in [0.25, 0.3) is 0 Å². The third kappa shape index (κ3) is 3.54. The van der Waals surface area contributed by atoms with Crippen molar-refractivity contribution < 1.29 is 18.0 Å². The van der Waals surface area contributed by atoms with Gasteiger partial charge >= 0.3 is 6.18 Å². The van der Waals surface area contributed by atoms with Gasteiger partial charge in [-0.15, -0.1) is 10.2 Å². The van der Waals surface area contributed by atoms with Crippen LogP contribution in [-0.2, 0) is 12.6 Å². The van der Waals surface area contributed by atoms with Gasteiger partial charge in [-0.2, -0.15) is 18.4 Å². The van der Waals surface area contributed by atoms with E-state index >= 15 is 0 Å². The van der Waals surface area contributed by atoms with E-state index in [0.29, 0.717) is 31.0 Å². The number of nitrogens with one attached hydrogen (secondary N) is 1. The van der Waals surface area contributed by atoms with Crippen molar-refractivity contribution in [1.29, 1.82) is 0 Å². The predicted octanol–water partition coefficient (Wildman–Crippen LogP) is 2.20. The van der Waals surface area contributed by atoms with Gasteiger partial charge in [-0.25, -0.2) is 4.98 Å². The summed E-state index contributed by atoms with van der Waals surface area (Å²) in [6.07, 6.45) is -1.59. The first kappa shape index (κ1) is 16.9. The monoisotopic (exact) mass is 366 g/mol. The predicted molar refractivity (Wildman–Crippen MR) is 83.1 cm³/mol. The van der Waals surface area contributed by atoms with Crippen molar-refractivity contribution in [3.8, 4) is 0 Å². The fourth-order valence-electron chi connectivity index (χ4n) is 3.30. The number of aromatic nitrogens is 5. The summed E-state index contributed by atoms with van der Waals surface area (Å²) in [6.45, 7) is 0.972. The largest absolute Gasteiger partial charge is 0.433 e. The van der Waals surface area contributed by atoms with Gasteiger partial charge in [0, 0.05) is 36.7 Å². The molecule has 0 bridgehead atoms. The van der Waals surface area contributed by atoms with Gasteiger partial charge in [-0.3, -0.25) is 4.79 Å². The Kier molecular flexibility index (Phi) is 4.12. The molecule has 1 unspecified atom stereocenters. The molecule has 1 aliphatic carbocycles. The molecule has 1 N–H and O–H groups in total. The zero-order valence-electron chi connectivity index (χ0n) is 13.8. The fraction of sp³-hybridized carbons (Fsp3) is 0.562. The normalized spacial score (nSPS) is 20.6. The Bertz CT molecular complexity index is 803. The van der Waals surface area contributed by atoms with Gasteiger partial charge in [-0.1, -0.05) is 5.21 Å². The van der Waals surface area contributed by atoms with Crippen LogP contribution in [-0.4, -0.2) is 49.5 Å². The molecular formula is C16H17F3N6O. The number of hydrogen-bond acceptors (Lipinski definition) is 5. The SMILES string of the molecule is O=C(c1cc(C2CC2)nc(C(F)(F)F)c1)N1CCC(Cc2nn[nH]n2)C1. The summed E-state index contributed by atoms with van der Waals surface area (Å²) in [7, 11) is 0. The molecule has 0 radical (unpaired) electrons. The Morgan fingerprint density at radius 2 is 2.08 bits per heavy atom. The quantitative estimate of drug-likeness (QED) is 0.896. The third-order valence-corrected chi connectivity index (χ3v) is 4.81. The number of tetrazole rings is 1. The molecule has 1 amide bonds. The van der Waals surface area contributed by atoms with E-state index in [0.717, 1.165) is 25.3 Å². The summed E-state index contributed by atoms with van der Waals surface area (Å²) in [5.41, 5.74) is -0.562. The van der Waals surface area contributed by atoms with E-state index in [1.165, 1.54) is 6.07 Å². The first-order valence-corrected chi connectivity index (χ1v) is 8.51.